The van der Waals surface area contributed by atoms with Crippen LogP contribution in [0.2, 0.25) is 0 Å². The van der Waals surface area contributed by atoms with Crippen LogP contribution < -0.4 is 0 Å². The average molecular weight is 297 g/mol. The molecule has 0 aliphatic heterocycles. The van der Waals surface area contributed by atoms with Crippen molar-refractivity contribution >= 4 is 39.2 Å². The molecule has 1 aromatic heterocycles. The Balaban J connectivity index is 2.59. The van der Waals surface area contributed by atoms with Crippen LogP contribution >= 0.6 is 28.1 Å². The van der Waals surface area contributed by atoms with Gasteiger partial charge in [-0.3, -0.25) is 0 Å². The number of allylic oxidation sites excluding steroid dienone is 2. The van der Waals surface area contributed by atoms with E-state index < -0.39 is 0 Å². The molecule has 0 spiro atoms. The molecule has 1 N–H and O–H groups in total. The minimum Gasteiger partial charge on any atom is -0.331 e. The molecule has 0 fully saturated rings. The summed E-state index contributed by atoms with van der Waals surface area (Å²) < 4.78 is 3.94. The van der Waals surface area contributed by atoms with Crippen molar-refractivity contribution < 1.29 is 0 Å². The Morgan fingerprint density at radius 2 is 2.25 bits per heavy atom. The van der Waals surface area contributed by atoms with Gasteiger partial charge in [0.05, 0.1) is 11.0 Å². The fourth-order valence-corrected chi connectivity index (χ4v) is 2.21. The molecule has 0 saturated carbocycles. The van der Waals surface area contributed by atoms with Crippen molar-refractivity contribution in [2.75, 3.05) is 0 Å². The summed E-state index contributed by atoms with van der Waals surface area (Å²) in [6.07, 6.45) is 2.17. The molecule has 0 unspecified atom stereocenters. The van der Waals surface area contributed by atoms with E-state index in [1.54, 1.807) is 0 Å². The molecule has 0 saturated heterocycles. The van der Waals surface area contributed by atoms with Crippen molar-refractivity contribution in [1.82, 2.24) is 9.55 Å². The highest BCUT2D eigenvalue weighted by Crippen LogP contribution is 2.19. The second-order valence-corrected chi connectivity index (χ2v) is 5.29. The summed E-state index contributed by atoms with van der Waals surface area (Å²) in [5.41, 5.74) is 3.51. The molecule has 0 aliphatic carbocycles. The van der Waals surface area contributed by atoms with Crippen LogP contribution in [0.4, 0.5) is 0 Å². The molecule has 2 rings (SSSR count). The maximum Gasteiger partial charge on any atom is 0.178 e. The molecule has 0 radical (unpaired) electrons. The number of H-pyrrole nitrogens is 1. The van der Waals surface area contributed by atoms with E-state index in [2.05, 4.69) is 51.5 Å². The van der Waals surface area contributed by atoms with Crippen molar-refractivity contribution in [2.24, 2.45) is 0 Å². The number of aromatic amines is 1. The highest BCUT2D eigenvalue weighted by Gasteiger charge is 2.03. The maximum atomic E-state index is 5.31. The molecule has 0 amide bonds. The van der Waals surface area contributed by atoms with E-state index in [4.69, 9.17) is 12.2 Å². The van der Waals surface area contributed by atoms with Gasteiger partial charge in [0.25, 0.3) is 0 Å². The summed E-state index contributed by atoms with van der Waals surface area (Å²) in [5.74, 6) is 0. The SMILES string of the molecule is CC(C)=CCn1c(=S)[nH]c2ccc(Br)cc21. The van der Waals surface area contributed by atoms with Crippen molar-refractivity contribution in [1.29, 1.82) is 0 Å². The lowest BCUT2D eigenvalue weighted by Crippen LogP contribution is -1.95. The third kappa shape index (κ3) is 2.28. The lowest BCUT2D eigenvalue weighted by atomic mass is 10.3. The number of benzene rings is 1. The fourth-order valence-electron chi connectivity index (χ4n) is 1.58. The largest absolute Gasteiger partial charge is 0.331 e. The highest BCUT2D eigenvalue weighted by atomic mass is 79.9. The Morgan fingerprint density at radius 3 is 2.94 bits per heavy atom. The van der Waals surface area contributed by atoms with Gasteiger partial charge in [0, 0.05) is 11.0 Å². The first-order valence-corrected chi connectivity index (χ1v) is 6.29. The smallest absolute Gasteiger partial charge is 0.178 e. The third-order valence-electron chi connectivity index (χ3n) is 2.42. The summed E-state index contributed by atoms with van der Waals surface area (Å²) in [7, 11) is 0. The first-order valence-electron chi connectivity index (χ1n) is 5.09. The number of hydrogen-bond donors (Lipinski definition) is 1. The summed E-state index contributed by atoms with van der Waals surface area (Å²) >= 11 is 8.79. The molecule has 84 valence electrons. The number of rotatable bonds is 2. The standard InChI is InChI=1S/C12H13BrN2S/c1-8(2)5-6-15-11-7-9(13)3-4-10(11)14-12(15)16/h3-5,7H,6H2,1-2H3,(H,14,16). The van der Waals surface area contributed by atoms with E-state index in [1.807, 2.05) is 12.1 Å². The zero-order valence-electron chi connectivity index (χ0n) is 9.25. The molecular formula is C12H13BrN2S. The van der Waals surface area contributed by atoms with Gasteiger partial charge in [-0.2, -0.15) is 0 Å². The van der Waals surface area contributed by atoms with Crippen LogP contribution in [0.3, 0.4) is 0 Å². The number of nitrogens with zero attached hydrogens (tertiary/aromatic N) is 1. The Labute approximate surface area is 108 Å². The van der Waals surface area contributed by atoms with E-state index in [-0.39, 0.29) is 0 Å². The van der Waals surface area contributed by atoms with Crippen molar-refractivity contribution in [3.8, 4) is 0 Å². The van der Waals surface area contributed by atoms with Crippen molar-refractivity contribution in [3.05, 3.63) is 39.1 Å². The van der Waals surface area contributed by atoms with Gasteiger partial charge in [0.1, 0.15) is 0 Å². The molecule has 0 aliphatic rings. The number of hydrogen-bond acceptors (Lipinski definition) is 1. The average Bonchev–Trinajstić information content (AvgIpc) is 2.51. The number of nitrogens with one attached hydrogen (secondary N) is 1. The molecule has 4 heteroatoms. The van der Waals surface area contributed by atoms with Crippen LogP contribution in [-0.4, -0.2) is 9.55 Å². The molecular weight excluding hydrogens is 284 g/mol. The minimum atomic E-state index is 0.769. The Hall–Kier alpha value is -0.870. The monoisotopic (exact) mass is 296 g/mol. The highest BCUT2D eigenvalue weighted by molar-refractivity contribution is 9.10. The molecule has 2 nitrogen and oxygen atoms in total. The van der Waals surface area contributed by atoms with E-state index in [9.17, 15) is 0 Å². The van der Waals surface area contributed by atoms with Crippen molar-refractivity contribution in [3.63, 3.8) is 0 Å². The zero-order chi connectivity index (χ0) is 11.7. The summed E-state index contributed by atoms with van der Waals surface area (Å²) in [6, 6.07) is 6.13. The molecule has 16 heavy (non-hydrogen) atoms. The maximum absolute atomic E-state index is 5.31. The van der Waals surface area contributed by atoms with Crippen LogP contribution in [0.1, 0.15) is 13.8 Å². The van der Waals surface area contributed by atoms with E-state index in [0.29, 0.717) is 0 Å². The summed E-state index contributed by atoms with van der Waals surface area (Å²) in [5, 5.41) is 0. The van der Waals surface area contributed by atoms with Gasteiger partial charge in [-0.25, -0.2) is 0 Å². The Kier molecular flexibility index (Phi) is 3.30. The van der Waals surface area contributed by atoms with E-state index in [1.165, 1.54) is 5.57 Å². The van der Waals surface area contributed by atoms with Crippen LogP contribution in [-0.2, 0) is 6.54 Å². The summed E-state index contributed by atoms with van der Waals surface area (Å²) in [6.45, 7) is 5.00. The molecule has 1 heterocycles. The Bertz CT molecular complexity index is 603. The van der Waals surface area contributed by atoms with Gasteiger partial charge in [0.2, 0.25) is 0 Å². The third-order valence-corrected chi connectivity index (χ3v) is 3.24. The first kappa shape index (κ1) is 11.6. The van der Waals surface area contributed by atoms with Gasteiger partial charge >= 0.3 is 0 Å². The van der Waals surface area contributed by atoms with E-state index >= 15 is 0 Å². The van der Waals surface area contributed by atoms with Gasteiger partial charge in [-0.15, -0.1) is 0 Å². The predicted octanol–water partition coefficient (Wildman–Crippen LogP) is 4.43. The van der Waals surface area contributed by atoms with Gasteiger partial charge < -0.3 is 9.55 Å². The Morgan fingerprint density at radius 1 is 1.50 bits per heavy atom. The van der Waals surface area contributed by atoms with Gasteiger partial charge in [0.15, 0.2) is 4.77 Å². The van der Waals surface area contributed by atoms with E-state index in [0.717, 1.165) is 26.8 Å². The summed E-state index contributed by atoms with van der Waals surface area (Å²) in [4.78, 5) is 3.21. The lowest BCUT2D eigenvalue weighted by molar-refractivity contribution is 0.828. The second-order valence-electron chi connectivity index (χ2n) is 3.98. The van der Waals surface area contributed by atoms with Crippen LogP contribution in [0.15, 0.2) is 34.3 Å². The zero-order valence-corrected chi connectivity index (χ0v) is 11.7. The minimum absolute atomic E-state index is 0.769. The number of imidazole rings is 1. The number of halogens is 1. The van der Waals surface area contributed by atoms with Crippen molar-refractivity contribution in [2.45, 2.75) is 20.4 Å². The van der Waals surface area contributed by atoms with Gasteiger partial charge in [-0.05, 0) is 44.3 Å². The number of aromatic nitrogens is 2. The fraction of sp³-hybridized carbons (Fsp3) is 0.250. The molecule has 0 bridgehead atoms. The van der Waals surface area contributed by atoms with Crippen LogP contribution in [0.25, 0.3) is 11.0 Å². The predicted molar refractivity (Wildman–Crippen MR) is 74.3 cm³/mol. The molecule has 0 atom stereocenters. The second kappa shape index (κ2) is 4.55. The van der Waals surface area contributed by atoms with Gasteiger partial charge in [-0.1, -0.05) is 27.6 Å². The normalized spacial score (nSPS) is 10.7. The van der Waals surface area contributed by atoms with Crippen LogP contribution in [0, 0.1) is 4.77 Å². The quantitative estimate of drug-likeness (QED) is 0.642. The molecule has 2 aromatic rings. The topological polar surface area (TPSA) is 20.7 Å². The number of fused-ring (bicyclic) bond motifs is 1. The first-order chi connectivity index (χ1) is 7.58. The molecule has 1 aromatic carbocycles. The lowest BCUT2D eigenvalue weighted by Gasteiger charge is -2.01. The van der Waals surface area contributed by atoms with Crippen LogP contribution in [0.5, 0.6) is 0 Å².